The number of imidazole rings is 1. The van der Waals surface area contributed by atoms with Gasteiger partial charge in [0, 0.05) is 12.6 Å². The molecule has 0 saturated heterocycles. The number of H-pyrrole nitrogens is 1. The van der Waals surface area contributed by atoms with Crippen LogP contribution in [0.15, 0.2) is 30.6 Å². The molecule has 3 aromatic rings. The number of nitrogens with one attached hydrogen (secondary N) is 1. The summed E-state index contributed by atoms with van der Waals surface area (Å²) in [4.78, 5) is 16.0. The smallest absolute Gasteiger partial charge is 0.451 e. The number of aromatic nitrogens is 4. The number of alkyl halides is 3. The second-order valence-corrected chi connectivity index (χ2v) is 6.18. The van der Waals surface area contributed by atoms with Crippen molar-refractivity contribution in [3.63, 3.8) is 0 Å². The number of anilines is 1. The van der Waals surface area contributed by atoms with E-state index in [-0.39, 0.29) is 17.5 Å². The number of fused-ring (bicyclic) bond motifs is 1. The van der Waals surface area contributed by atoms with E-state index in [1.165, 1.54) is 6.33 Å². The Labute approximate surface area is 147 Å². The van der Waals surface area contributed by atoms with Crippen LogP contribution >= 0.6 is 0 Å². The van der Waals surface area contributed by atoms with Crippen LogP contribution in [0.3, 0.4) is 0 Å². The first-order chi connectivity index (χ1) is 12.5. The van der Waals surface area contributed by atoms with Gasteiger partial charge in [0.15, 0.2) is 11.5 Å². The van der Waals surface area contributed by atoms with Gasteiger partial charge in [0.2, 0.25) is 5.82 Å². The monoisotopic (exact) mass is 363 g/mol. The number of nitrogens with zero attached hydrogens (tertiary/aromatic N) is 4. The van der Waals surface area contributed by atoms with Crippen molar-refractivity contribution in [1.82, 2.24) is 19.9 Å². The maximum Gasteiger partial charge on any atom is 0.451 e. The van der Waals surface area contributed by atoms with Crippen LogP contribution in [0.2, 0.25) is 0 Å². The predicted molar refractivity (Wildman–Crippen MR) is 88.9 cm³/mol. The molecule has 6 nitrogen and oxygen atoms in total. The highest BCUT2D eigenvalue weighted by Crippen LogP contribution is 2.37. The van der Waals surface area contributed by atoms with Crippen molar-refractivity contribution in [1.29, 1.82) is 0 Å². The fourth-order valence-electron chi connectivity index (χ4n) is 2.84. The number of methoxy groups -OCH3 is 1. The van der Waals surface area contributed by atoms with Crippen LogP contribution in [0.5, 0.6) is 5.75 Å². The van der Waals surface area contributed by atoms with Crippen molar-refractivity contribution < 1.29 is 17.9 Å². The van der Waals surface area contributed by atoms with E-state index in [0.717, 1.165) is 24.2 Å². The van der Waals surface area contributed by atoms with Gasteiger partial charge in [0.25, 0.3) is 0 Å². The van der Waals surface area contributed by atoms with Crippen molar-refractivity contribution in [2.75, 3.05) is 12.0 Å². The van der Waals surface area contributed by atoms with Gasteiger partial charge in [-0.25, -0.2) is 15.0 Å². The highest BCUT2D eigenvalue weighted by atomic mass is 19.4. The Bertz CT molecular complexity index is 918. The molecule has 9 heteroatoms. The zero-order valence-corrected chi connectivity index (χ0v) is 13.9. The molecule has 0 spiro atoms. The molecule has 1 saturated carbocycles. The Morgan fingerprint density at radius 2 is 1.92 bits per heavy atom. The molecular weight excluding hydrogens is 347 g/mol. The minimum Gasteiger partial charge on any atom is -0.497 e. The van der Waals surface area contributed by atoms with Crippen LogP contribution in [0.1, 0.15) is 24.2 Å². The summed E-state index contributed by atoms with van der Waals surface area (Å²) in [6.07, 6.45) is -1.47. The molecule has 0 atom stereocenters. The number of aromatic amines is 1. The van der Waals surface area contributed by atoms with Crippen molar-refractivity contribution in [2.24, 2.45) is 0 Å². The molecule has 1 aliphatic rings. The first-order valence-corrected chi connectivity index (χ1v) is 8.13. The molecule has 2 aromatic heterocycles. The summed E-state index contributed by atoms with van der Waals surface area (Å²) in [5.41, 5.74) is 1.39. The van der Waals surface area contributed by atoms with Gasteiger partial charge in [0.1, 0.15) is 11.3 Å². The van der Waals surface area contributed by atoms with Crippen LogP contribution < -0.4 is 9.64 Å². The molecule has 1 aliphatic carbocycles. The lowest BCUT2D eigenvalue weighted by Gasteiger charge is -2.24. The van der Waals surface area contributed by atoms with E-state index in [2.05, 4.69) is 19.9 Å². The van der Waals surface area contributed by atoms with E-state index in [1.807, 2.05) is 29.2 Å². The molecule has 26 heavy (non-hydrogen) atoms. The summed E-state index contributed by atoms with van der Waals surface area (Å²) in [5.74, 6) is -0.213. The Morgan fingerprint density at radius 3 is 2.54 bits per heavy atom. The topological polar surface area (TPSA) is 66.9 Å². The van der Waals surface area contributed by atoms with E-state index in [1.54, 1.807) is 7.11 Å². The first kappa shape index (κ1) is 16.6. The Hall–Kier alpha value is -2.84. The molecule has 1 fully saturated rings. The second kappa shape index (κ2) is 6.15. The summed E-state index contributed by atoms with van der Waals surface area (Å²) in [7, 11) is 1.58. The number of hydrogen-bond acceptors (Lipinski definition) is 5. The van der Waals surface area contributed by atoms with Crippen molar-refractivity contribution in [2.45, 2.75) is 31.6 Å². The lowest BCUT2D eigenvalue weighted by Crippen LogP contribution is -2.27. The SMILES string of the molecule is COc1ccc(CN(c2nc(C(F)(F)F)nc3nc[nH]c23)C2CC2)cc1. The third kappa shape index (κ3) is 3.16. The van der Waals surface area contributed by atoms with Crippen molar-refractivity contribution >= 4 is 17.0 Å². The molecule has 0 amide bonds. The Balaban J connectivity index is 1.75. The molecule has 0 unspecified atom stereocenters. The molecule has 0 radical (unpaired) electrons. The van der Waals surface area contributed by atoms with Gasteiger partial charge in [-0.15, -0.1) is 0 Å². The summed E-state index contributed by atoms with van der Waals surface area (Å²) in [6, 6.07) is 7.59. The summed E-state index contributed by atoms with van der Waals surface area (Å²) >= 11 is 0. The van der Waals surface area contributed by atoms with Gasteiger partial charge in [0.05, 0.1) is 13.4 Å². The average Bonchev–Trinajstić information content (AvgIpc) is 3.35. The Morgan fingerprint density at radius 1 is 1.19 bits per heavy atom. The van der Waals surface area contributed by atoms with Crippen molar-refractivity contribution in [3.8, 4) is 5.75 Å². The van der Waals surface area contributed by atoms with Crippen LogP contribution in [-0.2, 0) is 12.7 Å². The number of benzene rings is 1. The van der Waals surface area contributed by atoms with Gasteiger partial charge >= 0.3 is 6.18 Å². The highest BCUT2D eigenvalue weighted by molar-refractivity contribution is 5.83. The molecule has 2 heterocycles. The molecule has 4 rings (SSSR count). The summed E-state index contributed by atoms with van der Waals surface area (Å²) in [6.45, 7) is 0.442. The highest BCUT2D eigenvalue weighted by Gasteiger charge is 2.38. The van der Waals surface area contributed by atoms with Crippen LogP contribution in [0, 0.1) is 0 Å². The number of rotatable bonds is 5. The normalized spacial score (nSPS) is 14.6. The quantitative estimate of drug-likeness (QED) is 0.751. The van der Waals surface area contributed by atoms with E-state index < -0.39 is 12.0 Å². The summed E-state index contributed by atoms with van der Waals surface area (Å²) in [5, 5.41) is 0. The number of halogens is 3. The van der Waals surface area contributed by atoms with Gasteiger partial charge in [-0.2, -0.15) is 13.2 Å². The Kier molecular flexibility index (Phi) is 3.93. The van der Waals surface area contributed by atoms with E-state index >= 15 is 0 Å². The maximum atomic E-state index is 13.2. The van der Waals surface area contributed by atoms with E-state index in [0.29, 0.717) is 12.1 Å². The molecule has 136 valence electrons. The zero-order chi connectivity index (χ0) is 18.3. The predicted octanol–water partition coefficient (Wildman–Crippen LogP) is 3.55. The van der Waals surface area contributed by atoms with Gasteiger partial charge < -0.3 is 14.6 Å². The van der Waals surface area contributed by atoms with Gasteiger partial charge in [-0.3, -0.25) is 0 Å². The van der Waals surface area contributed by atoms with E-state index in [4.69, 9.17) is 4.74 Å². The minimum absolute atomic E-state index is 0.0164. The third-order valence-electron chi connectivity index (χ3n) is 4.29. The first-order valence-electron chi connectivity index (χ1n) is 8.13. The second-order valence-electron chi connectivity index (χ2n) is 6.18. The zero-order valence-electron chi connectivity index (χ0n) is 13.9. The molecule has 0 bridgehead atoms. The van der Waals surface area contributed by atoms with Gasteiger partial charge in [-0.1, -0.05) is 12.1 Å². The van der Waals surface area contributed by atoms with Crippen molar-refractivity contribution in [3.05, 3.63) is 42.0 Å². The number of ether oxygens (including phenoxy) is 1. The number of hydrogen-bond donors (Lipinski definition) is 1. The lowest BCUT2D eigenvalue weighted by molar-refractivity contribution is -0.144. The largest absolute Gasteiger partial charge is 0.497 e. The lowest BCUT2D eigenvalue weighted by atomic mass is 10.2. The maximum absolute atomic E-state index is 13.2. The molecule has 0 aliphatic heterocycles. The van der Waals surface area contributed by atoms with Crippen LogP contribution in [0.4, 0.5) is 19.0 Å². The average molecular weight is 363 g/mol. The standard InChI is InChI=1S/C17H16F3N5O/c1-26-12-6-2-10(3-7-12)8-25(11-4-5-11)15-13-14(22-9-21-13)23-16(24-15)17(18,19)20/h2-3,6-7,9,11H,4-5,8H2,1H3,(H,21,22,23,24). The minimum atomic E-state index is -4.63. The third-order valence-corrected chi connectivity index (χ3v) is 4.29. The fourth-order valence-corrected chi connectivity index (χ4v) is 2.84. The van der Waals surface area contributed by atoms with Crippen LogP contribution in [0.25, 0.3) is 11.2 Å². The molecule has 1 N–H and O–H groups in total. The molecule has 1 aromatic carbocycles. The summed E-state index contributed by atoms with van der Waals surface area (Å²) < 4.78 is 44.7. The molecular formula is C17H16F3N5O. The van der Waals surface area contributed by atoms with Gasteiger partial charge in [-0.05, 0) is 30.5 Å². The fraction of sp³-hybridized carbons (Fsp3) is 0.353. The van der Waals surface area contributed by atoms with E-state index in [9.17, 15) is 13.2 Å². The van der Waals surface area contributed by atoms with Crippen LogP contribution in [-0.4, -0.2) is 33.1 Å².